The van der Waals surface area contributed by atoms with Gasteiger partial charge >= 0.3 is 5.97 Å². The molecule has 1 amide bonds. The van der Waals surface area contributed by atoms with E-state index >= 15 is 0 Å². The third-order valence-corrected chi connectivity index (χ3v) is 11.2. The Labute approximate surface area is 322 Å². The van der Waals surface area contributed by atoms with E-state index in [-0.39, 0.29) is 40.9 Å². The van der Waals surface area contributed by atoms with Gasteiger partial charge in [0.2, 0.25) is 11.5 Å². The predicted octanol–water partition coefficient (Wildman–Crippen LogP) is 6.97. The number of Topliss-reactive ketones (excluding diaryl/α,β-unsaturated/α-hetero) is 1. The number of amides is 1. The molecule has 0 bridgehead atoms. The zero-order valence-corrected chi connectivity index (χ0v) is 31.9. The lowest BCUT2D eigenvalue weighted by Gasteiger charge is -2.36. The molecular weight excluding hydrogens is 695 g/mol. The number of hydrogen-bond acceptors (Lipinski definition) is 9. The highest BCUT2D eigenvalue weighted by Gasteiger charge is 2.42. The molecule has 2 saturated heterocycles. The number of rotatable bonds is 14. The van der Waals surface area contributed by atoms with Gasteiger partial charge in [0.15, 0.2) is 17.3 Å². The first kappa shape index (κ1) is 37.8. The van der Waals surface area contributed by atoms with Crippen molar-refractivity contribution in [3.8, 4) is 17.2 Å². The zero-order chi connectivity index (χ0) is 38.4. The van der Waals surface area contributed by atoms with Gasteiger partial charge in [0, 0.05) is 42.6 Å². The number of aromatic nitrogens is 3. The number of esters is 1. The van der Waals surface area contributed by atoms with Crippen LogP contribution < -0.4 is 14.2 Å². The number of benzene rings is 3. The number of methoxy groups -OCH3 is 2. The highest BCUT2D eigenvalue weighted by atomic mass is 16.6. The Morgan fingerprint density at radius 1 is 0.873 bits per heavy atom. The Hall–Kier alpha value is -5.55. The van der Waals surface area contributed by atoms with Gasteiger partial charge in [0.25, 0.3) is 5.91 Å². The quantitative estimate of drug-likeness (QED) is 0.0676. The maximum Gasteiger partial charge on any atom is 0.311 e. The summed E-state index contributed by atoms with van der Waals surface area (Å²) in [6.45, 7) is 6.01. The Balaban J connectivity index is 1.04. The van der Waals surface area contributed by atoms with Crippen LogP contribution in [0.2, 0.25) is 0 Å². The number of pyridine rings is 1. The molecule has 2 aromatic heterocycles. The Bertz CT molecular complexity index is 2130. The number of imidazole rings is 1. The van der Waals surface area contributed by atoms with Crippen molar-refractivity contribution < 1.29 is 28.6 Å². The molecule has 55 heavy (non-hydrogen) atoms. The normalized spacial score (nSPS) is 17.7. The molecule has 286 valence electrons. The Kier molecular flexibility index (Phi) is 11.6. The number of carbonyl (C=O) groups excluding carboxylic acids is 3. The number of nitrogens with zero attached hydrogens (tertiary/aromatic N) is 5. The number of carbonyl (C=O) groups is 3. The molecule has 0 aliphatic carbocycles. The van der Waals surface area contributed by atoms with Gasteiger partial charge in [-0.2, -0.15) is 0 Å². The van der Waals surface area contributed by atoms with Crippen LogP contribution in [0, 0.1) is 5.92 Å². The number of ether oxygens (including phenoxy) is 3. The average molecular weight is 744 g/mol. The van der Waals surface area contributed by atoms with Crippen LogP contribution in [0.15, 0.2) is 91.1 Å². The summed E-state index contributed by atoms with van der Waals surface area (Å²) in [6, 6.07) is 27.4. The van der Waals surface area contributed by atoms with E-state index in [1.165, 1.54) is 19.8 Å². The summed E-state index contributed by atoms with van der Waals surface area (Å²) in [4.78, 5) is 54.4. The molecule has 4 heterocycles. The minimum atomic E-state index is -0.398. The van der Waals surface area contributed by atoms with Crippen LogP contribution >= 0.6 is 0 Å². The van der Waals surface area contributed by atoms with Crippen molar-refractivity contribution in [2.45, 2.75) is 57.4 Å². The lowest BCUT2D eigenvalue weighted by molar-refractivity contribution is -0.134. The van der Waals surface area contributed by atoms with Crippen molar-refractivity contribution in [2.75, 3.05) is 46.9 Å². The molecular formula is C44H49N5O6. The smallest absolute Gasteiger partial charge is 0.311 e. The number of ketones is 1. The van der Waals surface area contributed by atoms with Crippen LogP contribution in [0.5, 0.6) is 17.2 Å². The van der Waals surface area contributed by atoms with E-state index in [1.54, 1.807) is 18.3 Å². The molecule has 0 saturated carbocycles. The van der Waals surface area contributed by atoms with Gasteiger partial charge in [-0.25, -0.2) is 4.98 Å². The highest BCUT2D eigenvalue weighted by Crippen LogP contribution is 2.42. The Morgan fingerprint density at radius 3 is 2.35 bits per heavy atom. The first-order valence-electron chi connectivity index (χ1n) is 19.3. The van der Waals surface area contributed by atoms with E-state index in [0.29, 0.717) is 43.2 Å². The lowest BCUT2D eigenvalue weighted by Crippen LogP contribution is -2.41. The molecule has 1 atom stereocenters. The molecule has 3 aromatic carbocycles. The monoisotopic (exact) mass is 743 g/mol. The minimum Gasteiger partial charge on any atom is -0.493 e. The van der Waals surface area contributed by atoms with Gasteiger partial charge in [-0.05, 0) is 93.7 Å². The second kappa shape index (κ2) is 16.9. The fraction of sp³-hybridized carbons (Fsp3) is 0.386. The molecule has 2 aliphatic heterocycles. The average Bonchev–Trinajstić information content (AvgIpc) is 3.83. The Morgan fingerprint density at radius 2 is 1.62 bits per heavy atom. The summed E-state index contributed by atoms with van der Waals surface area (Å²) in [5.74, 6) is 0.715. The van der Waals surface area contributed by atoms with E-state index in [0.717, 1.165) is 62.0 Å². The van der Waals surface area contributed by atoms with Crippen LogP contribution in [0.25, 0.3) is 11.0 Å². The number of piperidine rings is 1. The summed E-state index contributed by atoms with van der Waals surface area (Å²) in [7, 11) is 2.98. The van der Waals surface area contributed by atoms with E-state index in [2.05, 4.69) is 34.1 Å². The first-order chi connectivity index (χ1) is 26.8. The third-order valence-electron chi connectivity index (χ3n) is 11.2. The van der Waals surface area contributed by atoms with Crippen molar-refractivity contribution in [2.24, 2.45) is 5.92 Å². The largest absolute Gasteiger partial charge is 0.493 e. The molecule has 0 spiro atoms. The zero-order valence-electron chi connectivity index (χ0n) is 31.9. The van der Waals surface area contributed by atoms with Crippen LogP contribution in [0.3, 0.4) is 0 Å². The molecule has 1 unspecified atom stereocenters. The summed E-state index contributed by atoms with van der Waals surface area (Å²) in [5.41, 5.74) is 3.98. The number of hydrogen-bond donors (Lipinski definition) is 0. The standard InChI is InChI=1S/C44H49N5O6/c1-4-12-39(50)55-38-28-32(27-37(53-2)41(38)54-3)43(52)48-26-21-44(30-48,33-13-6-5-7-14-33)20-25-47-23-18-31(19-24-47)40(51)42-46-35-16-8-9-17-36(35)49(42)29-34-15-10-11-22-45-34/h5-11,13-17,22,27-28,31H,4,12,18-21,23-26,29-30H2,1-3H3. The van der Waals surface area contributed by atoms with E-state index in [4.69, 9.17) is 19.2 Å². The number of fused-ring (bicyclic) bond motifs is 1. The van der Waals surface area contributed by atoms with Gasteiger partial charge in [-0.3, -0.25) is 19.4 Å². The highest BCUT2D eigenvalue weighted by molar-refractivity contribution is 5.98. The first-order valence-corrected chi connectivity index (χ1v) is 19.3. The third kappa shape index (κ3) is 8.12. The van der Waals surface area contributed by atoms with Crippen molar-refractivity contribution in [3.05, 3.63) is 114 Å². The van der Waals surface area contributed by atoms with E-state index < -0.39 is 5.97 Å². The molecule has 5 aromatic rings. The summed E-state index contributed by atoms with van der Waals surface area (Å²) < 4.78 is 18.7. The SMILES string of the molecule is CCCC(=O)Oc1cc(C(=O)N2CCC(CCN3CCC(C(=O)c4nc5ccccc5n4Cc4ccccn4)CC3)(c3ccccc3)C2)cc(OC)c1OC. The van der Waals surface area contributed by atoms with Gasteiger partial charge in [-0.15, -0.1) is 0 Å². The lowest BCUT2D eigenvalue weighted by atomic mass is 9.76. The molecule has 2 aliphatic rings. The molecule has 2 fully saturated rings. The molecule has 11 heteroatoms. The summed E-state index contributed by atoms with van der Waals surface area (Å²) in [6.07, 6.45) is 5.87. The van der Waals surface area contributed by atoms with Gasteiger partial charge in [0.1, 0.15) is 0 Å². The molecule has 0 radical (unpaired) electrons. The van der Waals surface area contributed by atoms with Gasteiger partial charge in [0.05, 0.1) is 37.5 Å². The molecule has 7 rings (SSSR count). The summed E-state index contributed by atoms with van der Waals surface area (Å²) in [5, 5.41) is 0. The topological polar surface area (TPSA) is 116 Å². The summed E-state index contributed by atoms with van der Waals surface area (Å²) >= 11 is 0. The fourth-order valence-electron chi connectivity index (χ4n) is 8.16. The van der Waals surface area contributed by atoms with Crippen LogP contribution in [-0.2, 0) is 16.8 Å². The maximum absolute atomic E-state index is 14.1. The number of likely N-dealkylation sites (tertiary alicyclic amines) is 2. The van der Waals surface area contributed by atoms with Crippen molar-refractivity contribution in [3.63, 3.8) is 0 Å². The molecule has 0 N–H and O–H groups in total. The molecule has 11 nitrogen and oxygen atoms in total. The van der Waals surface area contributed by atoms with Crippen LogP contribution in [-0.4, -0.2) is 88.9 Å². The second-order valence-corrected chi connectivity index (χ2v) is 14.6. The minimum absolute atomic E-state index is 0.0935. The van der Waals surface area contributed by atoms with Crippen molar-refractivity contribution in [1.82, 2.24) is 24.3 Å². The fourth-order valence-corrected chi connectivity index (χ4v) is 8.16. The van der Waals surface area contributed by atoms with E-state index in [9.17, 15) is 14.4 Å². The predicted molar refractivity (Wildman–Crippen MR) is 210 cm³/mol. The van der Waals surface area contributed by atoms with Crippen molar-refractivity contribution >= 4 is 28.7 Å². The van der Waals surface area contributed by atoms with Crippen LogP contribution in [0.1, 0.15) is 77.7 Å². The second-order valence-electron chi connectivity index (χ2n) is 14.6. The van der Waals surface area contributed by atoms with E-state index in [1.807, 2.05) is 64.9 Å². The van der Waals surface area contributed by atoms with Crippen molar-refractivity contribution in [1.29, 1.82) is 0 Å². The van der Waals surface area contributed by atoms with Crippen LogP contribution in [0.4, 0.5) is 0 Å². The van der Waals surface area contributed by atoms with Gasteiger partial charge < -0.3 is 28.6 Å². The maximum atomic E-state index is 14.1. The van der Waals surface area contributed by atoms with Gasteiger partial charge in [-0.1, -0.05) is 55.5 Å². The number of para-hydroxylation sites is 2.